The summed E-state index contributed by atoms with van der Waals surface area (Å²) in [7, 11) is 0. The van der Waals surface area contributed by atoms with Crippen LogP contribution in [0, 0.1) is 12.7 Å². The number of aliphatic hydroxyl groups is 1. The zero-order valence-corrected chi connectivity index (χ0v) is 8.33. The van der Waals surface area contributed by atoms with Crippen LogP contribution in [-0.4, -0.2) is 5.11 Å². The summed E-state index contributed by atoms with van der Waals surface area (Å²) in [4.78, 5) is 0. The van der Waals surface area contributed by atoms with Gasteiger partial charge in [0.15, 0.2) is 0 Å². The first-order valence-corrected chi connectivity index (χ1v) is 4.67. The highest BCUT2D eigenvalue weighted by atomic mass is 19.1. The van der Waals surface area contributed by atoms with Crippen LogP contribution in [0.25, 0.3) is 11.3 Å². The van der Waals surface area contributed by atoms with Crippen molar-refractivity contribution in [1.82, 2.24) is 0 Å². The normalized spacial score (nSPS) is 10.6. The third-order valence-corrected chi connectivity index (χ3v) is 2.25. The predicted octanol–water partition coefficient (Wildman–Crippen LogP) is 2.89. The molecule has 0 aliphatic heterocycles. The van der Waals surface area contributed by atoms with Crippen molar-refractivity contribution in [3.63, 3.8) is 0 Å². The van der Waals surface area contributed by atoms with Crippen LogP contribution in [0.5, 0.6) is 0 Å². The lowest BCUT2D eigenvalue weighted by Crippen LogP contribution is -1.89. The van der Waals surface area contributed by atoms with E-state index < -0.39 is 5.82 Å². The third kappa shape index (κ3) is 1.92. The fourth-order valence-electron chi connectivity index (χ4n) is 1.42. The van der Waals surface area contributed by atoms with Gasteiger partial charge in [0, 0.05) is 11.1 Å². The van der Waals surface area contributed by atoms with Gasteiger partial charge in [-0.05, 0) is 25.1 Å². The van der Waals surface area contributed by atoms with Crippen LogP contribution < -0.4 is 0 Å². The number of halogens is 1. The number of hydrogen-bond donors (Lipinski definition) is 1. The van der Waals surface area contributed by atoms with Crippen molar-refractivity contribution in [2.75, 3.05) is 0 Å². The van der Waals surface area contributed by atoms with Crippen LogP contribution in [0.15, 0.2) is 34.7 Å². The van der Waals surface area contributed by atoms with Crippen molar-refractivity contribution in [1.29, 1.82) is 0 Å². The molecule has 0 aliphatic carbocycles. The summed E-state index contributed by atoms with van der Waals surface area (Å²) in [6.07, 6.45) is 0. The van der Waals surface area contributed by atoms with Crippen molar-refractivity contribution in [2.45, 2.75) is 13.5 Å². The molecule has 0 radical (unpaired) electrons. The molecule has 0 unspecified atom stereocenters. The van der Waals surface area contributed by atoms with E-state index >= 15 is 0 Å². The summed E-state index contributed by atoms with van der Waals surface area (Å²) < 4.78 is 18.7. The molecule has 15 heavy (non-hydrogen) atoms. The van der Waals surface area contributed by atoms with E-state index in [1.54, 1.807) is 18.2 Å². The van der Waals surface area contributed by atoms with Gasteiger partial charge in [0.25, 0.3) is 0 Å². The summed E-state index contributed by atoms with van der Waals surface area (Å²) in [6, 6.07) is 8.27. The minimum Gasteiger partial charge on any atom is -0.461 e. The number of aliphatic hydroxyl groups excluding tert-OH is 1. The molecule has 0 bridgehead atoms. The number of rotatable bonds is 2. The lowest BCUT2D eigenvalue weighted by atomic mass is 10.1. The van der Waals surface area contributed by atoms with Crippen molar-refractivity contribution in [2.24, 2.45) is 0 Å². The van der Waals surface area contributed by atoms with E-state index in [9.17, 15) is 4.39 Å². The quantitative estimate of drug-likeness (QED) is 0.819. The van der Waals surface area contributed by atoms with E-state index in [2.05, 4.69) is 0 Å². The topological polar surface area (TPSA) is 33.4 Å². The van der Waals surface area contributed by atoms with Crippen LogP contribution in [0.3, 0.4) is 0 Å². The molecule has 0 aliphatic rings. The first-order valence-electron chi connectivity index (χ1n) is 4.67. The van der Waals surface area contributed by atoms with E-state index in [1.165, 1.54) is 6.07 Å². The van der Waals surface area contributed by atoms with Gasteiger partial charge in [-0.15, -0.1) is 0 Å². The minimum absolute atomic E-state index is 0.288. The molecule has 3 heteroatoms. The standard InChI is InChI=1S/C12H11FO2/c1-8-2-5-12(15-8)9-3-4-10(7-14)11(13)6-9/h2-6,14H,7H2,1H3. The summed E-state index contributed by atoms with van der Waals surface area (Å²) in [6.45, 7) is 1.55. The average Bonchev–Trinajstić information content (AvgIpc) is 2.65. The average molecular weight is 206 g/mol. The number of hydrogen-bond acceptors (Lipinski definition) is 2. The first-order chi connectivity index (χ1) is 7.20. The Morgan fingerprint density at radius 2 is 2.07 bits per heavy atom. The van der Waals surface area contributed by atoms with Gasteiger partial charge in [0.1, 0.15) is 17.3 Å². The molecular weight excluding hydrogens is 195 g/mol. The molecule has 2 rings (SSSR count). The van der Waals surface area contributed by atoms with E-state index in [1.807, 2.05) is 13.0 Å². The third-order valence-electron chi connectivity index (χ3n) is 2.25. The molecule has 2 aromatic rings. The van der Waals surface area contributed by atoms with Gasteiger partial charge in [-0.2, -0.15) is 0 Å². The maximum atomic E-state index is 13.3. The van der Waals surface area contributed by atoms with Gasteiger partial charge in [-0.3, -0.25) is 0 Å². The maximum Gasteiger partial charge on any atom is 0.134 e. The Kier molecular flexibility index (Phi) is 2.56. The second-order valence-electron chi connectivity index (χ2n) is 3.37. The summed E-state index contributed by atoms with van der Waals surface area (Å²) in [5.41, 5.74) is 0.972. The highest BCUT2D eigenvalue weighted by Gasteiger charge is 2.06. The Morgan fingerprint density at radius 3 is 2.60 bits per heavy atom. The zero-order valence-electron chi connectivity index (χ0n) is 8.33. The van der Waals surface area contributed by atoms with E-state index in [4.69, 9.17) is 9.52 Å². The second-order valence-corrected chi connectivity index (χ2v) is 3.37. The summed E-state index contributed by atoms with van der Waals surface area (Å²) in [5, 5.41) is 8.82. The van der Waals surface area contributed by atoms with E-state index in [-0.39, 0.29) is 6.61 Å². The predicted molar refractivity (Wildman–Crippen MR) is 54.8 cm³/mol. The molecule has 0 saturated carbocycles. The number of furan rings is 1. The second kappa shape index (κ2) is 3.87. The van der Waals surface area contributed by atoms with Crippen LogP contribution in [0.1, 0.15) is 11.3 Å². The molecule has 1 aromatic heterocycles. The lowest BCUT2D eigenvalue weighted by molar-refractivity contribution is 0.276. The Labute approximate surface area is 87.0 Å². The monoisotopic (exact) mass is 206 g/mol. The molecule has 2 nitrogen and oxygen atoms in total. The van der Waals surface area contributed by atoms with Crippen molar-refractivity contribution < 1.29 is 13.9 Å². The Balaban J connectivity index is 2.42. The first kappa shape index (κ1) is 9.93. The summed E-state index contributed by atoms with van der Waals surface area (Å²) in [5.74, 6) is 1.01. The largest absolute Gasteiger partial charge is 0.461 e. The highest BCUT2D eigenvalue weighted by molar-refractivity contribution is 5.58. The van der Waals surface area contributed by atoms with Gasteiger partial charge in [-0.25, -0.2) is 4.39 Å². The van der Waals surface area contributed by atoms with Gasteiger partial charge in [0.05, 0.1) is 6.61 Å². The number of benzene rings is 1. The summed E-state index contributed by atoms with van der Waals surface area (Å²) >= 11 is 0. The van der Waals surface area contributed by atoms with Crippen molar-refractivity contribution in [3.8, 4) is 11.3 Å². The smallest absolute Gasteiger partial charge is 0.134 e. The SMILES string of the molecule is Cc1ccc(-c2ccc(CO)c(F)c2)o1. The lowest BCUT2D eigenvalue weighted by Gasteiger charge is -2.01. The fourth-order valence-corrected chi connectivity index (χ4v) is 1.42. The Bertz CT molecular complexity index is 474. The van der Waals surface area contributed by atoms with Gasteiger partial charge >= 0.3 is 0 Å². The van der Waals surface area contributed by atoms with Gasteiger partial charge < -0.3 is 9.52 Å². The molecule has 0 fully saturated rings. The molecule has 1 aromatic carbocycles. The molecular formula is C12H11FO2. The molecule has 0 saturated heterocycles. The van der Waals surface area contributed by atoms with Crippen LogP contribution >= 0.6 is 0 Å². The molecule has 0 atom stereocenters. The minimum atomic E-state index is -0.413. The van der Waals surface area contributed by atoms with Crippen LogP contribution in [0.4, 0.5) is 4.39 Å². The van der Waals surface area contributed by atoms with E-state index in [0.717, 1.165) is 5.76 Å². The van der Waals surface area contributed by atoms with Gasteiger partial charge in [0.2, 0.25) is 0 Å². The molecule has 78 valence electrons. The molecule has 0 spiro atoms. The highest BCUT2D eigenvalue weighted by Crippen LogP contribution is 2.23. The molecule has 1 heterocycles. The zero-order chi connectivity index (χ0) is 10.8. The number of aryl methyl sites for hydroxylation is 1. The Morgan fingerprint density at radius 1 is 1.27 bits per heavy atom. The van der Waals surface area contributed by atoms with Crippen molar-refractivity contribution >= 4 is 0 Å². The molecule has 0 amide bonds. The van der Waals surface area contributed by atoms with Crippen LogP contribution in [0.2, 0.25) is 0 Å². The van der Waals surface area contributed by atoms with Crippen LogP contribution in [-0.2, 0) is 6.61 Å². The molecule has 1 N–H and O–H groups in total. The van der Waals surface area contributed by atoms with Gasteiger partial charge in [-0.1, -0.05) is 12.1 Å². The fraction of sp³-hybridized carbons (Fsp3) is 0.167. The Hall–Kier alpha value is -1.61. The van der Waals surface area contributed by atoms with Crippen molar-refractivity contribution in [3.05, 3.63) is 47.5 Å². The maximum absolute atomic E-state index is 13.3. The van der Waals surface area contributed by atoms with E-state index in [0.29, 0.717) is 16.9 Å².